The zero-order chi connectivity index (χ0) is 21.4. The molecule has 31 heavy (non-hydrogen) atoms. The van der Waals surface area contributed by atoms with Crippen LogP contribution in [0.5, 0.6) is 5.75 Å². The molecule has 1 N–H and O–H groups in total. The van der Waals surface area contributed by atoms with Gasteiger partial charge in [-0.2, -0.15) is 0 Å². The molecule has 1 saturated heterocycles. The van der Waals surface area contributed by atoms with Crippen LogP contribution in [0.25, 0.3) is 0 Å². The number of nitrogens with zero attached hydrogens (tertiary/aromatic N) is 3. The van der Waals surface area contributed by atoms with Crippen LogP contribution in [0.2, 0.25) is 0 Å². The maximum atomic E-state index is 13.3. The fourth-order valence-corrected chi connectivity index (χ4v) is 4.87. The zero-order valence-corrected chi connectivity index (χ0v) is 17.3. The molecule has 158 valence electrons. The Bertz CT molecular complexity index is 1130. The Labute approximate surface area is 180 Å². The molecule has 2 amide bonds. The Morgan fingerprint density at radius 1 is 1.19 bits per heavy atom. The van der Waals surface area contributed by atoms with Crippen LogP contribution in [0.3, 0.4) is 0 Å². The molecule has 2 atom stereocenters. The van der Waals surface area contributed by atoms with Gasteiger partial charge in [-0.1, -0.05) is 36.4 Å². The summed E-state index contributed by atoms with van der Waals surface area (Å²) in [6.07, 6.45) is 4.34. The second-order valence-corrected chi connectivity index (χ2v) is 8.02. The lowest BCUT2D eigenvalue weighted by Crippen LogP contribution is -2.44. The van der Waals surface area contributed by atoms with E-state index in [1.54, 1.807) is 11.1 Å². The quantitative estimate of drug-likeness (QED) is 0.694. The number of rotatable bonds is 5. The van der Waals surface area contributed by atoms with Crippen LogP contribution in [0.15, 0.2) is 67.0 Å². The number of imidazole rings is 1. The lowest BCUT2D eigenvalue weighted by Gasteiger charge is -2.33. The Morgan fingerprint density at radius 2 is 1.97 bits per heavy atom. The Kier molecular flexibility index (Phi) is 4.73. The van der Waals surface area contributed by atoms with E-state index in [4.69, 9.17) is 4.74 Å². The third-order valence-electron chi connectivity index (χ3n) is 6.34. The van der Waals surface area contributed by atoms with Gasteiger partial charge in [-0.25, -0.2) is 4.98 Å². The number of aromatic nitrogens is 2. The minimum absolute atomic E-state index is 0.0435. The molecule has 0 radical (unpaired) electrons. The standard InChI is InChI=1S/C24H24N4O3/c1-27-15-13-25-22(27)21-24(18-9-5-6-10-19(18)26-23(24)30)12-14-28(21)20(29)11-16-31-17-7-3-2-4-8-17/h2-10,13,15,21H,11-12,14,16H2,1H3,(H,26,30)/t21-,24+/m0/s1. The summed E-state index contributed by atoms with van der Waals surface area (Å²) in [5, 5.41) is 3.03. The highest BCUT2D eigenvalue weighted by molar-refractivity contribution is 6.07. The molecule has 1 fully saturated rings. The largest absolute Gasteiger partial charge is 0.493 e. The Balaban J connectivity index is 1.45. The van der Waals surface area contributed by atoms with Crippen LogP contribution in [-0.2, 0) is 22.1 Å². The van der Waals surface area contributed by atoms with E-state index in [0.717, 1.165) is 17.0 Å². The molecule has 0 aliphatic carbocycles. The number of carbonyl (C=O) groups excluding carboxylic acids is 2. The van der Waals surface area contributed by atoms with Crippen molar-refractivity contribution >= 4 is 17.5 Å². The lowest BCUT2D eigenvalue weighted by atomic mass is 9.74. The summed E-state index contributed by atoms with van der Waals surface area (Å²) in [6, 6.07) is 16.7. The van der Waals surface area contributed by atoms with Gasteiger partial charge in [0, 0.05) is 31.7 Å². The van der Waals surface area contributed by atoms with E-state index in [1.807, 2.05) is 72.4 Å². The molecular weight excluding hydrogens is 392 g/mol. The van der Waals surface area contributed by atoms with Crippen LogP contribution >= 0.6 is 0 Å². The molecule has 7 heteroatoms. The van der Waals surface area contributed by atoms with Crippen molar-refractivity contribution in [2.75, 3.05) is 18.5 Å². The number of para-hydroxylation sites is 2. The SMILES string of the molecule is Cn1ccnc1[C@@H]1N(C(=O)CCOc2ccccc2)CC[C@]12C(=O)Nc1ccccc12. The fraction of sp³-hybridized carbons (Fsp3) is 0.292. The van der Waals surface area contributed by atoms with Gasteiger partial charge in [-0.3, -0.25) is 9.59 Å². The maximum Gasteiger partial charge on any atom is 0.237 e. The average molecular weight is 416 g/mol. The number of anilines is 1. The van der Waals surface area contributed by atoms with Crippen LogP contribution in [0, 0.1) is 0 Å². The van der Waals surface area contributed by atoms with Gasteiger partial charge in [0.1, 0.15) is 23.0 Å². The second kappa shape index (κ2) is 7.58. The van der Waals surface area contributed by atoms with Gasteiger partial charge < -0.3 is 19.5 Å². The van der Waals surface area contributed by atoms with Crippen LogP contribution < -0.4 is 10.1 Å². The first kappa shape index (κ1) is 19.4. The average Bonchev–Trinajstić information content (AvgIpc) is 3.46. The minimum atomic E-state index is -0.842. The van der Waals surface area contributed by atoms with Gasteiger partial charge in [-0.15, -0.1) is 0 Å². The predicted molar refractivity (Wildman–Crippen MR) is 116 cm³/mol. The monoisotopic (exact) mass is 416 g/mol. The zero-order valence-electron chi connectivity index (χ0n) is 17.3. The van der Waals surface area contributed by atoms with Gasteiger partial charge in [0.05, 0.1) is 13.0 Å². The normalized spacial score (nSPS) is 21.9. The van der Waals surface area contributed by atoms with Crippen molar-refractivity contribution in [2.45, 2.75) is 24.3 Å². The highest BCUT2D eigenvalue weighted by atomic mass is 16.5. The topological polar surface area (TPSA) is 76.5 Å². The predicted octanol–water partition coefficient (Wildman–Crippen LogP) is 3.05. The van der Waals surface area contributed by atoms with E-state index < -0.39 is 11.5 Å². The molecule has 0 saturated carbocycles. The fourth-order valence-electron chi connectivity index (χ4n) is 4.87. The van der Waals surface area contributed by atoms with E-state index in [9.17, 15) is 9.59 Å². The molecule has 3 heterocycles. The molecule has 0 unspecified atom stereocenters. The van der Waals surface area contributed by atoms with E-state index >= 15 is 0 Å². The minimum Gasteiger partial charge on any atom is -0.493 e. The summed E-state index contributed by atoms with van der Waals surface area (Å²) < 4.78 is 7.63. The first-order valence-electron chi connectivity index (χ1n) is 10.5. The number of aryl methyl sites for hydroxylation is 1. The molecule has 7 nitrogen and oxygen atoms in total. The van der Waals surface area contributed by atoms with Crippen molar-refractivity contribution in [2.24, 2.45) is 7.05 Å². The van der Waals surface area contributed by atoms with E-state index in [-0.39, 0.29) is 24.8 Å². The van der Waals surface area contributed by atoms with E-state index in [1.165, 1.54) is 0 Å². The van der Waals surface area contributed by atoms with Gasteiger partial charge in [0.25, 0.3) is 0 Å². The third-order valence-corrected chi connectivity index (χ3v) is 6.34. The highest BCUT2D eigenvalue weighted by Gasteiger charge is 2.60. The number of nitrogens with one attached hydrogen (secondary N) is 1. The lowest BCUT2D eigenvalue weighted by molar-refractivity contribution is -0.134. The number of likely N-dealkylation sites (tertiary alicyclic amines) is 1. The van der Waals surface area contributed by atoms with Gasteiger partial charge in [0.2, 0.25) is 11.8 Å². The van der Waals surface area contributed by atoms with Gasteiger partial charge in [-0.05, 0) is 30.2 Å². The number of hydrogen-bond donors (Lipinski definition) is 1. The first-order chi connectivity index (χ1) is 15.1. The van der Waals surface area contributed by atoms with Gasteiger partial charge >= 0.3 is 0 Å². The molecule has 2 aromatic carbocycles. The smallest absolute Gasteiger partial charge is 0.237 e. The highest BCUT2D eigenvalue weighted by Crippen LogP contribution is 2.54. The van der Waals surface area contributed by atoms with E-state index in [0.29, 0.717) is 18.8 Å². The molecule has 1 aromatic heterocycles. The Hall–Kier alpha value is -3.61. The molecular formula is C24H24N4O3. The molecule has 3 aromatic rings. The maximum absolute atomic E-state index is 13.3. The van der Waals surface area contributed by atoms with Gasteiger partial charge in [0.15, 0.2) is 0 Å². The van der Waals surface area contributed by atoms with Crippen LogP contribution in [0.4, 0.5) is 5.69 Å². The third kappa shape index (κ3) is 3.08. The van der Waals surface area contributed by atoms with Crippen molar-refractivity contribution in [3.05, 3.63) is 78.4 Å². The summed E-state index contributed by atoms with van der Waals surface area (Å²) in [4.78, 5) is 33.0. The summed E-state index contributed by atoms with van der Waals surface area (Å²) >= 11 is 0. The summed E-state index contributed by atoms with van der Waals surface area (Å²) in [6.45, 7) is 0.770. The van der Waals surface area contributed by atoms with Crippen LogP contribution in [-0.4, -0.2) is 39.4 Å². The number of hydrogen-bond acceptors (Lipinski definition) is 4. The Morgan fingerprint density at radius 3 is 2.74 bits per heavy atom. The molecule has 0 bridgehead atoms. The molecule has 5 rings (SSSR count). The van der Waals surface area contributed by atoms with Crippen molar-refractivity contribution in [1.82, 2.24) is 14.5 Å². The summed E-state index contributed by atoms with van der Waals surface area (Å²) in [5.41, 5.74) is 0.906. The number of fused-ring (bicyclic) bond motifs is 2. The number of ether oxygens (including phenoxy) is 1. The second-order valence-electron chi connectivity index (χ2n) is 8.02. The molecule has 2 aliphatic rings. The van der Waals surface area contributed by atoms with Crippen LogP contribution in [0.1, 0.15) is 30.3 Å². The molecule has 1 spiro atoms. The summed E-state index contributed by atoms with van der Waals surface area (Å²) in [5.74, 6) is 1.33. The van der Waals surface area contributed by atoms with Crippen molar-refractivity contribution in [1.29, 1.82) is 0 Å². The first-order valence-corrected chi connectivity index (χ1v) is 10.5. The van der Waals surface area contributed by atoms with Crippen molar-refractivity contribution < 1.29 is 14.3 Å². The van der Waals surface area contributed by atoms with Crippen molar-refractivity contribution in [3.63, 3.8) is 0 Å². The van der Waals surface area contributed by atoms with E-state index in [2.05, 4.69) is 10.3 Å². The summed E-state index contributed by atoms with van der Waals surface area (Å²) in [7, 11) is 1.90. The van der Waals surface area contributed by atoms with Crippen molar-refractivity contribution in [3.8, 4) is 5.75 Å². The number of amides is 2. The number of carbonyl (C=O) groups is 2. The number of benzene rings is 2. The molecule has 2 aliphatic heterocycles.